The van der Waals surface area contributed by atoms with Crippen LogP contribution in [0, 0.1) is 11.0 Å². The summed E-state index contributed by atoms with van der Waals surface area (Å²) in [4.78, 5) is 38.4. The van der Waals surface area contributed by atoms with Crippen molar-refractivity contribution in [2.75, 3.05) is 30.0 Å². The molecule has 4 aromatic rings. The van der Waals surface area contributed by atoms with Gasteiger partial charge in [0.15, 0.2) is 16.7 Å². The minimum atomic E-state index is -1.05. The van der Waals surface area contributed by atoms with E-state index in [-0.39, 0.29) is 35.6 Å². The summed E-state index contributed by atoms with van der Waals surface area (Å²) in [6.45, 7) is 1.30. The van der Waals surface area contributed by atoms with Crippen molar-refractivity contribution in [3.63, 3.8) is 0 Å². The maximum atomic E-state index is 15.7. The van der Waals surface area contributed by atoms with Gasteiger partial charge in [-0.3, -0.25) is 14.5 Å². The average Bonchev–Trinajstić information content (AvgIpc) is 3.73. The van der Waals surface area contributed by atoms with E-state index in [9.17, 15) is 14.7 Å². The van der Waals surface area contributed by atoms with E-state index in [1.165, 1.54) is 4.90 Å². The molecular formula is C31H29FN4O4S. The number of carbonyl (C=O) groups is 2. The monoisotopic (exact) mass is 572 g/mol. The summed E-state index contributed by atoms with van der Waals surface area (Å²) in [6.07, 6.45) is 3.23. The highest BCUT2D eigenvalue weighted by Gasteiger charge is 2.40. The molecule has 1 saturated carbocycles. The highest BCUT2D eigenvalue weighted by molar-refractivity contribution is 7.14. The van der Waals surface area contributed by atoms with Crippen molar-refractivity contribution in [3.05, 3.63) is 77.6 Å². The fourth-order valence-corrected chi connectivity index (χ4v) is 6.08. The van der Waals surface area contributed by atoms with E-state index in [4.69, 9.17) is 4.74 Å². The van der Waals surface area contributed by atoms with E-state index >= 15 is 4.39 Å². The Morgan fingerprint density at radius 2 is 1.88 bits per heavy atom. The quantitative estimate of drug-likeness (QED) is 0.276. The lowest BCUT2D eigenvalue weighted by Gasteiger charge is -2.26. The van der Waals surface area contributed by atoms with Gasteiger partial charge in [-0.2, -0.15) is 4.39 Å². The number of anilines is 2. The zero-order chi connectivity index (χ0) is 28.5. The largest absolute Gasteiger partial charge is 0.488 e. The summed E-state index contributed by atoms with van der Waals surface area (Å²) in [5, 5.41) is 9.32. The molecule has 0 spiro atoms. The van der Waals surface area contributed by atoms with Gasteiger partial charge in [-0.1, -0.05) is 65.9 Å². The molecule has 6 rings (SSSR count). The van der Waals surface area contributed by atoms with Gasteiger partial charge in [0.05, 0.1) is 18.9 Å². The van der Waals surface area contributed by atoms with Gasteiger partial charge in [0, 0.05) is 30.4 Å². The Hall–Kier alpha value is -4.31. The normalized spacial score (nSPS) is 15.1. The Morgan fingerprint density at radius 3 is 2.61 bits per heavy atom. The summed E-state index contributed by atoms with van der Waals surface area (Å²) >= 11 is 0.816. The first-order valence-corrected chi connectivity index (χ1v) is 14.4. The summed E-state index contributed by atoms with van der Waals surface area (Å²) in [7, 11) is 1.96. The van der Waals surface area contributed by atoms with Gasteiger partial charge >= 0.3 is 5.97 Å². The lowest BCUT2D eigenvalue weighted by atomic mass is 9.94. The van der Waals surface area contributed by atoms with Crippen LogP contribution in [0.1, 0.15) is 24.8 Å². The molecule has 0 radical (unpaired) electrons. The Bertz CT molecular complexity index is 1590. The number of rotatable bonds is 9. The molecule has 8 nitrogen and oxygen atoms in total. The Balaban J connectivity index is 1.34. The van der Waals surface area contributed by atoms with Crippen LogP contribution in [0.2, 0.25) is 0 Å². The van der Waals surface area contributed by atoms with Crippen LogP contribution in [0.5, 0.6) is 5.75 Å². The zero-order valence-electron chi connectivity index (χ0n) is 22.5. The average molecular weight is 573 g/mol. The number of nitrogens with zero attached hydrogens (tertiary/aromatic N) is 4. The Morgan fingerprint density at radius 1 is 1.15 bits per heavy atom. The van der Waals surface area contributed by atoms with Gasteiger partial charge in [-0.15, -0.1) is 0 Å². The number of hydrogen-bond acceptors (Lipinski definition) is 7. The summed E-state index contributed by atoms with van der Waals surface area (Å²) in [5.74, 6) is -0.766. The molecule has 2 aromatic carbocycles. The number of fused-ring (bicyclic) bond motifs is 1. The number of carboxylic acids is 1. The van der Waals surface area contributed by atoms with Crippen LogP contribution in [-0.4, -0.2) is 53.2 Å². The number of aromatic nitrogens is 2. The van der Waals surface area contributed by atoms with Gasteiger partial charge in [0.2, 0.25) is 11.0 Å². The third-order valence-corrected chi connectivity index (χ3v) is 8.24. The van der Waals surface area contributed by atoms with Gasteiger partial charge < -0.3 is 14.7 Å². The first kappa shape index (κ1) is 26.9. The molecule has 1 amide bonds. The molecule has 0 saturated heterocycles. The molecule has 41 heavy (non-hydrogen) atoms. The van der Waals surface area contributed by atoms with Crippen LogP contribution < -0.4 is 14.5 Å². The Labute approximate surface area is 241 Å². The number of halogens is 1. The van der Waals surface area contributed by atoms with E-state index in [1.807, 2.05) is 66.5 Å². The summed E-state index contributed by atoms with van der Waals surface area (Å²) < 4.78 is 21.5. The van der Waals surface area contributed by atoms with E-state index in [2.05, 4.69) is 9.97 Å². The molecule has 1 N–H and O–H groups in total. The van der Waals surface area contributed by atoms with Gasteiger partial charge in [-0.05, 0) is 36.5 Å². The van der Waals surface area contributed by atoms with Gasteiger partial charge in [-0.25, -0.2) is 9.97 Å². The molecule has 10 heteroatoms. The number of ether oxygens (including phenoxy) is 1. The molecule has 3 heterocycles. The molecule has 2 aliphatic rings. The van der Waals surface area contributed by atoms with Crippen molar-refractivity contribution in [1.29, 1.82) is 0 Å². The van der Waals surface area contributed by atoms with E-state index < -0.39 is 17.0 Å². The maximum Gasteiger partial charge on any atom is 0.304 e. The fourth-order valence-electron chi connectivity index (χ4n) is 5.19. The highest BCUT2D eigenvalue weighted by Crippen LogP contribution is 2.42. The topological polar surface area (TPSA) is 95.9 Å². The molecular weight excluding hydrogens is 543 g/mol. The van der Waals surface area contributed by atoms with Crippen LogP contribution in [-0.2, 0) is 16.0 Å². The predicted octanol–water partition coefficient (Wildman–Crippen LogP) is 5.67. The zero-order valence-corrected chi connectivity index (χ0v) is 23.3. The van der Waals surface area contributed by atoms with Gasteiger partial charge in [0.25, 0.3) is 0 Å². The fraction of sp³-hybridized carbons (Fsp3) is 0.290. The van der Waals surface area contributed by atoms with Crippen molar-refractivity contribution >= 4 is 34.2 Å². The minimum Gasteiger partial charge on any atom is -0.488 e. The van der Waals surface area contributed by atoms with Crippen LogP contribution in [0.4, 0.5) is 15.3 Å². The predicted molar refractivity (Wildman–Crippen MR) is 156 cm³/mol. The molecule has 0 unspecified atom stereocenters. The molecule has 1 aliphatic heterocycles. The van der Waals surface area contributed by atoms with E-state index in [0.717, 1.165) is 53.2 Å². The third-order valence-electron chi connectivity index (χ3n) is 7.40. The first-order chi connectivity index (χ1) is 19.9. The number of carbonyl (C=O) groups excluding carboxylic acids is 1. The third kappa shape index (κ3) is 5.65. The van der Waals surface area contributed by atoms with E-state index in [1.54, 1.807) is 12.3 Å². The molecule has 1 atom stereocenters. The maximum absolute atomic E-state index is 15.7. The van der Waals surface area contributed by atoms with Crippen molar-refractivity contribution in [2.45, 2.75) is 31.7 Å². The molecule has 1 fully saturated rings. The number of aliphatic carboxylic acids is 1. The second-order valence-electron chi connectivity index (χ2n) is 10.4. The number of likely N-dealkylation sites (N-methyl/N-ethyl adjacent to an activating group) is 1. The molecule has 2 aromatic heterocycles. The molecule has 210 valence electrons. The second kappa shape index (κ2) is 11.3. The van der Waals surface area contributed by atoms with Crippen LogP contribution in [0.3, 0.4) is 0 Å². The first-order valence-electron chi connectivity index (χ1n) is 13.6. The van der Waals surface area contributed by atoms with Crippen molar-refractivity contribution in [1.82, 2.24) is 9.97 Å². The standard InChI is InChI=1S/C31H29FN4O4S/c1-35-13-14-40-25-16-21(18-33-29(25)35)23-9-5-6-10-24(23)27-28(32)41-31(34-27)36(22-11-12-22)30(39)20(17-26(37)38)15-19-7-3-2-4-8-19/h2-10,16,18,20,22H,11-15,17H2,1H3,(H,37,38)/t20-/m1/s1. The SMILES string of the molecule is CN1CCOc2cc(-c3ccccc3-c3nc(N(C(=O)[C@@H](CC(=O)O)Cc4ccccc4)C4CC4)sc3F)cnc21. The van der Waals surface area contributed by atoms with Crippen molar-refractivity contribution < 1.29 is 23.8 Å². The summed E-state index contributed by atoms with van der Waals surface area (Å²) in [6, 6.07) is 18.5. The smallest absolute Gasteiger partial charge is 0.304 e. The van der Waals surface area contributed by atoms with E-state index in [0.29, 0.717) is 17.9 Å². The van der Waals surface area contributed by atoms with Crippen molar-refractivity contribution in [2.24, 2.45) is 5.92 Å². The van der Waals surface area contributed by atoms with Crippen LogP contribution >= 0.6 is 11.3 Å². The number of benzene rings is 2. The number of hydrogen-bond donors (Lipinski definition) is 1. The Kier molecular flexibility index (Phi) is 7.40. The van der Waals surface area contributed by atoms with Crippen molar-refractivity contribution in [3.8, 4) is 28.1 Å². The number of pyridine rings is 1. The minimum absolute atomic E-state index is 0.123. The number of carboxylic acid groups (broad SMARTS) is 1. The van der Waals surface area contributed by atoms with Crippen LogP contribution in [0.25, 0.3) is 22.4 Å². The second-order valence-corrected chi connectivity index (χ2v) is 11.3. The molecule has 1 aliphatic carbocycles. The number of thiazole rings is 1. The molecule has 0 bridgehead atoms. The number of amides is 1. The lowest BCUT2D eigenvalue weighted by molar-refractivity contribution is -0.140. The lowest BCUT2D eigenvalue weighted by Crippen LogP contribution is -2.39. The van der Waals surface area contributed by atoms with Crippen LogP contribution in [0.15, 0.2) is 66.9 Å². The highest BCUT2D eigenvalue weighted by atomic mass is 32.1. The summed E-state index contributed by atoms with van der Waals surface area (Å²) in [5.41, 5.74) is 3.10. The van der Waals surface area contributed by atoms with Gasteiger partial charge in [0.1, 0.15) is 12.3 Å².